The van der Waals surface area contributed by atoms with Gasteiger partial charge < -0.3 is 21.7 Å². The van der Waals surface area contributed by atoms with E-state index in [0.717, 1.165) is 25.8 Å². The second-order valence-corrected chi connectivity index (χ2v) is 5.43. The van der Waals surface area contributed by atoms with Crippen molar-refractivity contribution in [3.8, 4) is 0 Å². The van der Waals surface area contributed by atoms with E-state index in [9.17, 15) is 4.79 Å². The molecule has 0 spiro atoms. The largest absolute Gasteiger partial charge is 0.370 e. The third-order valence-corrected chi connectivity index (χ3v) is 3.67. The SMILES string of the molecule is CCCNc1cc(N(CC(N)=O)C2CCCC2)nc(N)n1. The van der Waals surface area contributed by atoms with E-state index in [-0.39, 0.29) is 18.4 Å². The summed E-state index contributed by atoms with van der Waals surface area (Å²) in [4.78, 5) is 21.8. The van der Waals surface area contributed by atoms with Gasteiger partial charge in [-0.25, -0.2) is 0 Å². The second-order valence-electron chi connectivity index (χ2n) is 5.43. The molecule has 1 aliphatic carbocycles. The number of nitrogens with zero attached hydrogens (tertiary/aromatic N) is 3. The highest BCUT2D eigenvalue weighted by molar-refractivity contribution is 5.79. The molecule has 7 heteroatoms. The van der Waals surface area contributed by atoms with Gasteiger partial charge in [0.1, 0.15) is 11.6 Å². The Kier molecular flexibility index (Phi) is 5.19. The summed E-state index contributed by atoms with van der Waals surface area (Å²) >= 11 is 0. The molecular weight excluding hydrogens is 268 g/mol. The van der Waals surface area contributed by atoms with Crippen LogP contribution in [0.5, 0.6) is 0 Å². The lowest BCUT2D eigenvalue weighted by atomic mass is 10.2. The Morgan fingerprint density at radius 3 is 2.76 bits per heavy atom. The zero-order valence-corrected chi connectivity index (χ0v) is 12.5. The van der Waals surface area contributed by atoms with Crippen molar-refractivity contribution in [1.29, 1.82) is 0 Å². The third kappa shape index (κ3) is 4.21. The van der Waals surface area contributed by atoms with E-state index in [1.165, 1.54) is 12.8 Å². The van der Waals surface area contributed by atoms with E-state index in [0.29, 0.717) is 17.7 Å². The molecule has 116 valence electrons. The molecule has 7 nitrogen and oxygen atoms in total. The molecule has 1 aromatic heterocycles. The molecule has 21 heavy (non-hydrogen) atoms. The minimum absolute atomic E-state index is 0.161. The van der Waals surface area contributed by atoms with Crippen molar-refractivity contribution < 1.29 is 4.79 Å². The van der Waals surface area contributed by atoms with Crippen molar-refractivity contribution in [2.75, 3.05) is 29.0 Å². The lowest BCUT2D eigenvalue weighted by Gasteiger charge is -2.29. The number of nitrogens with one attached hydrogen (secondary N) is 1. The highest BCUT2D eigenvalue weighted by Crippen LogP contribution is 2.28. The molecule has 5 N–H and O–H groups in total. The van der Waals surface area contributed by atoms with Crippen LogP contribution in [0.15, 0.2) is 6.07 Å². The van der Waals surface area contributed by atoms with Crippen LogP contribution in [0.3, 0.4) is 0 Å². The third-order valence-electron chi connectivity index (χ3n) is 3.67. The average molecular weight is 292 g/mol. The monoisotopic (exact) mass is 292 g/mol. The number of hydrogen-bond acceptors (Lipinski definition) is 6. The number of anilines is 3. The van der Waals surface area contributed by atoms with Crippen LogP contribution in [0.4, 0.5) is 17.6 Å². The van der Waals surface area contributed by atoms with Gasteiger partial charge in [-0.2, -0.15) is 9.97 Å². The summed E-state index contributed by atoms with van der Waals surface area (Å²) in [6.45, 7) is 3.06. The van der Waals surface area contributed by atoms with E-state index in [1.807, 2.05) is 11.0 Å². The molecule has 0 aliphatic heterocycles. The van der Waals surface area contributed by atoms with Gasteiger partial charge in [0.15, 0.2) is 0 Å². The number of nitrogen functional groups attached to an aromatic ring is 1. The first-order valence-corrected chi connectivity index (χ1v) is 7.53. The van der Waals surface area contributed by atoms with Crippen molar-refractivity contribution >= 4 is 23.5 Å². The number of rotatable bonds is 7. The lowest BCUT2D eigenvalue weighted by molar-refractivity contribution is -0.116. The molecule has 1 aromatic rings. The molecule has 1 saturated carbocycles. The van der Waals surface area contributed by atoms with Gasteiger partial charge >= 0.3 is 0 Å². The second kappa shape index (κ2) is 7.10. The first kappa shape index (κ1) is 15.3. The quantitative estimate of drug-likeness (QED) is 0.694. The van der Waals surface area contributed by atoms with Crippen LogP contribution in [0.1, 0.15) is 39.0 Å². The predicted molar refractivity (Wildman–Crippen MR) is 84.0 cm³/mol. The van der Waals surface area contributed by atoms with Gasteiger partial charge in [0.25, 0.3) is 0 Å². The zero-order chi connectivity index (χ0) is 15.2. The fourth-order valence-corrected chi connectivity index (χ4v) is 2.72. The number of amides is 1. The minimum atomic E-state index is -0.359. The number of nitrogens with two attached hydrogens (primary N) is 2. The molecule has 1 aliphatic rings. The van der Waals surface area contributed by atoms with Crippen molar-refractivity contribution in [2.45, 2.75) is 45.1 Å². The molecule has 0 unspecified atom stereocenters. The molecule has 1 heterocycles. The van der Waals surface area contributed by atoms with Crippen molar-refractivity contribution in [3.05, 3.63) is 6.07 Å². The molecule has 0 saturated heterocycles. The van der Waals surface area contributed by atoms with Gasteiger partial charge in [0.05, 0.1) is 6.54 Å². The average Bonchev–Trinajstić information content (AvgIpc) is 2.95. The van der Waals surface area contributed by atoms with E-state index < -0.39 is 0 Å². The topological polar surface area (TPSA) is 110 Å². The van der Waals surface area contributed by atoms with Crippen molar-refractivity contribution in [2.24, 2.45) is 5.73 Å². The van der Waals surface area contributed by atoms with Crippen LogP contribution in [0.25, 0.3) is 0 Å². The van der Waals surface area contributed by atoms with Crippen LogP contribution in [-0.2, 0) is 4.79 Å². The molecule has 0 radical (unpaired) electrons. The standard InChI is InChI=1S/C14H24N6O/c1-2-7-17-12-8-13(19-14(16)18-12)20(9-11(15)21)10-5-3-4-6-10/h8,10H,2-7,9H2,1H3,(H2,15,21)(H3,16,17,18,19). The van der Waals surface area contributed by atoms with Crippen molar-refractivity contribution in [1.82, 2.24) is 9.97 Å². The summed E-state index contributed by atoms with van der Waals surface area (Å²) in [6, 6.07) is 2.14. The Hall–Kier alpha value is -2.05. The number of primary amides is 1. The van der Waals surface area contributed by atoms with Crippen LogP contribution in [0, 0.1) is 0 Å². The Morgan fingerprint density at radius 1 is 1.43 bits per heavy atom. The fourth-order valence-electron chi connectivity index (χ4n) is 2.72. The van der Waals surface area contributed by atoms with E-state index in [2.05, 4.69) is 22.2 Å². The number of aromatic nitrogens is 2. The number of carbonyl (C=O) groups excluding carboxylic acids is 1. The maximum atomic E-state index is 11.4. The Bertz CT molecular complexity index is 486. The van der Waals surface area contributed by atoms with E-state index >= 15 is 0 Å². The Morgan fingerprint density at radius 2 is 2.14 bits per heavy atom. The molecule has 0 atom stereocenters. The van der Waals surface area contributed by atoms with Gasteiger partial charge in [-0.1, -0.05) is 19.8 Å². The van der Waals surface area contributed by atoms with Gasteiger partial charge in [0, 0.05) is 18.7 Å². The van der Waals surface area contributed by atoms with Crippen LogP contribution in [0.2, 0.25) is 0 Å². The maximum Gasteiger partial charge on any atom is 0.237 e. The number of carbonyl (C=O) groups is 1. The van der Waals surface area contributed by atoms with Gasteiger partial charge in [-0.3, -0.25) is 4.79 Å². The molecule has 1 fully saturated rings. The lowest BCUT2D eigenvalue weighted by Crippen LogP contribution is -2.40. The highest BCUT2D eigenvalue weighted by atomic mass is 16.1. The maximum absolute atomic E-state index is 11.4. The summed E-state index contributed by atoms with van der Waals surface area (Å²) < 4.78 is 0. The van der Waals surface area contributed by atoms with Crippen LogP contribution >= 0.6 is 0 Å². The summed E-state index contributed by atoms with van der Waals surface area (Å²) in [5.41, 5.74) is 11.2. The molecule has 2 rings (SSSR count). The van der Waals surface area contributed by atoms with Gasteiger partial charge in [-0.15, -0.1) is 0 Å². The molecular formula is C14H24N6O. The van der Waals surface area contributed by atoms with Crippen LogP contribution < -0.4 is 21.7 Å². The molecule has 0 aromatic carbocycles. The van der Waals surface area contributed by atoms with E-state index in [1.54, 1.807) is 0 Å². The first-order valence-electron chi connectivity index (χ1n) is 7.53. The predicted octanol–water partition coefficient (Wildman–Crippen LogP) is 1.11. The smallest absolute Gasteiger partial charge is 0.237 e. The molecule has 1 amide bonds. The molecule has 0 bridgehead atoms. The number of hydrogen-bond donors (Lipinski definition) is 3. The minimum Gasteiger partial charge on any atom is -0.370 e. The van der Waals surface area contributed by atoms with Gasteiger partial charge in [0.2, 0.25) is 11.9 Å². The van der Waals surface area contributed by atoms with Crippen molar-refractivity contribution in [3.63, 3.8) is 0 Å². The zero-order valence-electron chi connectivity index (χ0n) is 12.5. The summed E-state index contributed by atoms with van der Waals surface area (Å²) in [5, 5.41) is 3.20. The Labute approximate surface area is 125 Å². The van der Waals surface area contributed by atoms with E-state index in [4.69, 9.17) is 11.5 Å². The first-order chi connectivity index (χ1) is 10.1. The summed E-state index contributed by atoms with van der Waals surface area (Å²) in [5.74, 6) is 1.21. The van der Waals surface area contributed by atoms with Gasteiger partial charge in [-0.05, 0) is 19.3 Å². The normalized spacial score (nSPS) is 15.1. The summed E-state index contributed by atoms with van der Waals surface area (Å²) in [6.07, 6.45) is 5.43. The van der Waals surface area contributed by atoms with Crippen LogP contribution in [-0.4, -0.2) is 35.0 Å². The fraction of sp³-hybridized carbons (Fsp3) is 0.643. The highest BCUT2D eigenvalue weighted by Gasteiger charge is 2.25. The summed E-state index contributed by atoms with van der Waals surface area (Å²) in [7, 11) is 0. The Balaban J connectivity index is 2.24.